The van der Waals surface area contributed by atoms with Crippen LogP contribution >= 0.6 is 0 Å². The van der Waals surface area contributed by atoms with Gasteiger partial charge in [-0.25, -0.2) is 0 Å². The Morgan fingerprint density at radius 2 is 2.04 bits per heavy atom. The Bertz CT molecular complexity index is 766. The first-order valence-electron chi connectivity index (χ1n) is 8.69. The monoisotopic (exact) mass is 339 g/mol. The van der Waals surface area contributed by atoms with E-state index in [1.54, 1.807) is 29.2 Å². The Hall–Kier alpha value is -2.53. The molecule has 1 N–H and O–H groups in total. The van der Waals surface area contributed by atoms with Crippen LogP contribution < -0.4 is 9.64 Å². The van der Waals surface area contributed by atoms with E-state index in [2.05, 4.69) is 0 Å². The second kappa shape index (κ2) is 6.76. The van der Waals surface area contributed by atoms with Gasteiger partial charge in [-0.2, -0.15) is 0 Å². The van der Waals surface area contributed by atoms with Gasteiger partial charge in [-0.1, -0.05) is 0 Å². The third kappa shape index (κ3) is 3.33. The second-order valence-corrected chi connectivity index (χ2v) is 6.49. The van der Waals surface area contributed by atoms with Gasteiger partial charge in [-0.05, 0) is 67.3 Å². The zero-order valence-electron chi connectivity index (χ0n) is 14.0. The second-order valence-electron chi connectivity index (χ2n) is 6.49. The van der Waals surface area contributed by atoms with Crippen molar-refractivity contribution in [1.29, 1.82) is 0 Å². The Balaban J connectivity index is 1.48. The van der Waals surface area contributed by atoms with Crippen molar-refractivity contribution in [3.8, 4) is 11.5 Å². The number of ether oxygens (including phenoxy) is 2. The molecule has 1 atom stereocenters. The number of amides is 1. The molecule has 0 unspecified atom stereocenters. The molecule has 0 aromatic heterocycles. The van der Waals surface area contributed by atoms with E-state index in [1.807, 2.05) is 18.2 Å². The molecule has 25 heavy (non-hydrogen) atoms. The minimum atomic E-state index is -0.0161. The molecule has 2 aliphatic rings. The van der Waals surface area contributed by atoms with Crippen LogP contribution in [0.5, 0.6) is 11.5 Å². The Labute approximate surface area is 146 Å². The minimum absolute atomic E-state index is 0.0161. The molecule has 5 heteroatoms. The van der Waals surface area contributed by atoms with Crippen LogP contribution in [0.1, 0.15) is 28.8 Å². The van der Waals surface area contributed by atoms with E-state index < -0.39 is 0 Å². The Morgan fingerprint density at radius 3 is 2.80 bits per heavy atom. The summed E-state index contributed by atoms with van der Waals surface area (Å²) in [5.74, 6) is 0.972. The third-order valence-electron chi connectivity index (χ3n) is 4.78. The zero-order valence-corrected chi connectivity index (χ0v) is 14.0. The fourth-order valence-corrected chi connectivity index (χ4v) is 3.40. The molecule has 0 aliphatic carbocycles. The largest absolute Gasteiger partial charge is 0.508 e. The number of rotatable bonds is 4. The molecule has 2 heterocycles. The summed E-state index contributed by atoms with van der Waals surface area (Å²) >= 11 is 0. The number of phenols is 1. The predicted octanol–water partition coefficient (Wildman–Crippen LogP) is 3.15. The molecular weight excluding hydrogens is 318 g/mol. The Morgan fingerprint density at radius 1 is 1.20 bits per heavy atom. The van der Waals surface area contributed by atoms with E-state index >= 15 is 0 Å². The van der Waals surface area contributed by atoms with Crippen molar-refractivity contribution in [3.05, 3.63) is 53.6 Å². The summed E-state index contributed by atoms with van der Waals surface area (Å²) in [4.78, 5) is 14.5. The topological polar surface area (TPSA) is 59.0 Å². The molecule has 1 amide bonds. The first kappa shape index (κ1) is 16.0. The predicted molar refractivity (Wildman–Crippen MR) is 94.4 cm³/mol. The summed E-state index contributed by atoms with van der Waals surface area (Å²) in [6.07, 6.45) is 3.10. The number of hydrogen-bond donors (Lipinski definition) is 1. The summed E-state index contributed by atoms with van der Waals surface area (Å²) in [6.45, 7) is 2.00. The summed E-state index contributed by atoms with van der Waals surface area (Å²) in [5, 5.41) is 9.41. The van der Waals surface area contributed by atoms with Gasteiger partial charge in [-0.15, -0.1) is 0 Å². The van der Waals surface area contributed by atoms with Gasteiger partial charge in [-0.3, -0.25) is 4.79 Å². The quantitative estimate of drug-likeness (QED) is 0.930. The molecule has 1 saturated heterocycles. The lowest BCUT2D eigenvalue weighted by Crippen LogP contribution is -2.37. The number of nitrogens with zero attached hydrogens (tertiary/aromatic N) is 1. The normalized spacial score (nSPS) is 19.8. The highest BCUT2D eigenvalue weighted by atomic mass is 16.5. The Kier molecular flexibility index (Phi) is 4.32. The first-order chi connectivity index (χ1) is 12.2. The van der Waals surface area contributed by atoms with Crippen LogP contribution in [0.3, 0.4) is 0 Å². The van der Waals surface area contributed by atoms with Gasteiger partial charge < -0.3 is 19.5 Å². The van der Waals surface area contributed by atoms with Crippen LogP contribution in [-0.4, -0.2) is 36.9 Å². The molecule has 130 valence electrons. The number of anilines is 1. The number of aromatic hydroxyl groups is 1. The molecular formula is C20H21NO4. The smallest absolute Gasteiger partial charge is 0.258 e. The van der Waals surface area contributed by atoms with Crippen LogP contribution in [0.25, 0.3) is 0 Å². The molecule has 2 aromatic rings. The zero-order chi connectivity index (χ0) is 17.2. The SMILES string of the molecule is O=C1c2ccc(OC[C@@H]3CCCO3)cc2CCN1c1ccc(O)cc1. The molecule has 4 rings (SSSR count). The molecule has 2 aliphatic heterocycles. The highest BCUT2D eigenvalue weighted by Crippen LogP contribution is 2.28. The van der Waals surface area contributed by atoms with Gasteiger partial charge in [0.2, 0.25) is 0 Å². The molecule has 0 saturated carbocycles. The highest BCUT2D eigenvalue weighted by molar-refractivity contribution is 6.08. The van der Waals surface area contributed by atoms with Gasteiger partial charge >= 0.3 is 0 Å². The van der Waals surface area contributed by atoms with Gasteiger partial charge in [0.25, 0.3) is 5.91 Å². The number of carbonyl (C=O) groups excluding carboxylic acids is 1. The minimum Gasteiger partial charge on any atom is -0.508 e. The van der Waals surface area contributed by atoms with E-state index in [9.17, 15) is 9.90 Å². The van der Waals surface area contributed by atoms with Crippen molar-refractivity contribution in [2.24, 2.45) is 0 Å². The number of benzene rings is 2. The van der Waals surface area contributed by atoms with Gasteiger partial charge in [0.15, 0.2) is 0 Å². The molecule has 2 aromatic carbocycles. The van der Waals surface area contributed by atoms with E-state index in [0.717, 1.165) is 42.9 Å². The van der Waals surface area contributed by atoms with Crippen molar-refractivity contribution in [3.63, 3.8) is 0 Å². The van der Waals surface area contributed by atoms with Gasteiger partial charge in [0, 0.05) is 24.4 Å². The maximum absolute atomic E-state index is 12.8. The van der Waals surface area contributed by atoms with E-state index in [0.29, 0.717) is 18.7 Å². The lowest BCUT2D eigenvalue weighted by molar-refractivity contribution is 0.0679. The first-order valence-corrected chi connectivity index (χ1v) is 8.69. The summed E-state index contributed by atoms with van der Waals surface area (Å²) in [6, 6.07) is 12.4. The lowest BCUT2D eigenvalue weighted by atomic mass is 9.98. The highest BCUT2D eigenvalue weighted by Gasteiger charge is 2.26. The fraction of sp³-hybridized carbons (Fsp3) is 0.350. The molecule has 0 bridgehead atoms. The molecule has 0 radical (unpaired) electrons. The maximum atomic E-state index is 12.8. The van der Waals surface area contributed by atoms with Crippen LogP contribution in [-0.2, 0) is 11.2 Å². The molecule has 0 spiro atoms. The van der Waals surface area contributed by atoms with Gasteiger partial charge in [0.1, 0.15) is 18.1 Å². The standard InChI is InChI=1S/C20H21NO4/c22-16-5-3-15(4-6-16)21-10-9-14-12-17(7-8-19(14)20(21)23)25-13-18-2-1-11-24-18/h3-8,12,18,22H,1-2,9-11,13H2/t18-/m0/s1. The summed E-state index contributed by atoms with van der Waals surface area (Å²) in [5.41, 5.74) is 2.53. The number of carbonyl (C=O) groups is 1. The van der Waals surface area contributed by atoms with E-state index in [1.165, 1.54) is 0 Å². The van der Waals surface area contributed by atoms with Gasteiger partial charge in [0.05, 0.1) is 6.10 Å². The van der Waals surface area contributed by atoms with Crippen molar-refractivity contribution in [2.45, 2.75) is 25.4 Å². The number of fused-ring (bicyclic) bond motifs is 1. The fourth-order valence-electron chi connectivity index (χ4n) is 3.40. The van der Waals surface area contributed by atoms with Crippen LogP contribution in [0.4, 0.5) is 5.69 Å². The summed E-state index contributed by atoms with van der Waals surface area (Å²) < 4.78 is 11.4. The van der Waals surface area contributed by atoms with Crippen LogP contribution in [0.2, 0.25) is 0 Å². The van der Waals surface area contributed by atoms with Crippen molar-refractivity contribution in [1.82, 2.24) is 0 Å². The third-order valence-corrected chi connectivity index (χ3v) is 4.78. The number of hydrogen-bond acceptors (Lipinski definition) is 4. The van der Waals surface area contributed by atoms with E-state index in [4.69, 9.17) is 9.47 Å². The summed E-state index contributed by atoms with van der Waals surface area (Å²) in [7, 11) is 0. The van der Waals surface area contributed by atoms with Crippen molar-refractivity contribution < 1.29 is 19.4 Å². The lowest BCUT2D eigenvalue weighted by Gasteiger charge is -2.29. The van der Waals surface area contributed by atoms with Crippen LogP contribution in [0, 0.1) is 0 Å². The van der Waals surface area contributed by atoms with Crippen LogP contribution in [0.15, 0.2) is 42.5 Å². The van der Waals surface area contributed by atoms with Crippen molar-refractivity contribution >= 4 is 11.6 Å². The van der Waals surface area contributed by atoms with Crippen molar-refractivity contribution in [2.75, 3.05) is 24.7 Å². The average Bonchev–Trinajstić information content (AvgIpc) is 3.15. The molecule has 1 fully saturated rings. The molecule has 5 nitrogen and oxygen atoms in total. The van der Waals surface area contributed by atoms with E-state index in [-0.39, 0.29) is 17.8 Å². The maximum Gasteiger partial charge on any atom is 0.258 e. The average molecular weight is 339 g/mol. The number of phenolic OH excluding ortho intramolecular Hbond substituents is 1.